The molecule has 4 aromatic rings. The molecular formula is C32H33Cl2FN6O4. The van der Waals surface area contributed by atoms with Crippen LogP contribution >= 0.6 is 23.2 Å². The van der Waals surface area contributed by atoms with Gasteiger partial charge in [-0.15, -0.1) is 0 Å². The van der Waals surface area contributed by atoms with Crippen molar-refractivity contribution < 1.29 is 18.7 Å². The van der Waals surface area contributed by atoms with E-state index < -0.39 is 29.2 Å². The minimum Gasteiger partial charge on any atom is -0.489 e. The van der Waals surface area contributed by atoms with E-state index in [4.69, 9.17) is 37.7 Å². The monoisotopic (exact) mass is 654 g/mol. The summed E-state index contributed by atoms with van der Waals surface area (Å²) in [4.78, 5) is 44.7. The summed E-state index contributed by atoms with van der Waals surface area (Å²) in [5, 5.41) is 0.347. The zero-order chi connectivity index (χ0) is 32.4. The van der Waals surface area contributed by atoms with Gasteiger partial charge in [-0.3, -0.25) is 4.98 Å². The number of piperazine rings is 1. The lowest BCUT2D eigenvalue weighted by atomic mass is 10.0. The van der Waals surface area contributed by atoms with E-state index in [0.29, 0.717) is 35.7 Å². The average molecular weight is 656 g/mol. The molecule has 0 saturated carbocycles. The summed E-state index contributed by atoms with van der Waals surface area (Å²) in [7, 11) is 0. The smallest absolute Gasteiger partial charge is 0.410 e. The van der Waals surface area contributed by atoms with Gasteiger partial charge in [0.25, 0.3) is 0 Å². The maximum atomic E-state index is 15.5. The van der Waals surface area contributed by atoms with Crippen LogP contribution in [0.25, 0.3) is 28.0 Å². The van der Waals surface area contributed by atoms with Gasteiger partial charge in [0, 0.05) is 31.4 Å². The van der Waals surface area contributed by atoms with Crippen LogP contribution in [0.3, 0.4) is 0 Å². The number of rotatable bonds is 3. The Labute approximate surface area is 269 Å². The van der Waals surface area contributed by atoms with Gasteiger partial charge in [-0.2, -0.15) is 4.98 Å². The average Bonchev–Trinajstić information content (AvgIpc) is 3.13. The zero-order valence-corrected chi connectivity index (χ0v) is 27.3. The van der Waals surface area contributed by atoms with Gasteiger partial charge in [-0.05, 0) is 57.4 Å². The second kappa shape index (κ2) is 11.4. The van der Waals surface area contributed by atoms with E-state index >= 15 is 4.39 Å². The van der Waals surface area contributed by atoms with Crippen LogP contribution in [0.4, 0.5) is 15.0 Å². The molecule has 0 spiro atoms. The molecule has 2 aliphatic heterocycles. The minimum atomic E-state index is -0.706. The molecule has 2 aliphatic rings. The van der Waals surface area contributed by atoms with E-state index in [2.05, 4.69) is 9.97 Å². The standard InChI is InChI=1S/C32H33Cl2FN6O4/c1-16(2)24-26(17(3)10-11-36-24)41-29-21-27(22(34)25(37-29)19-8-7-9-20(33)23(19)35)44-15-18-14-39(31(43)45-32(4,5)6)12-13-40(18)28(21)38-30(41)42/h7-11,16,18H,12-15H2,1-6H3/t18-/m1/s1. The Morgan fingerprint density at radius 1 is 1.16 bits per heavy atom. The number of aromatic nitrogens is 4. The second-order valence-corrected chi connectivity index (χ2v) is 13.3. The molecule has 0 unspecified atom stereocenters. The van der Waals surface area contributed by atoms with Gasteiger partial charge in [-0.25, -0.2) is 23.5 Å². The molecule has 0 radical (unpaired) electrons. The first-order chi connectivity index (χ1) is 21.3. The molecule has 13 heteroatoms. The molecule has 236 valence electrons. The van der Waals surface area contributed by atoms with Gasteiger partial charge in [0.1, 0.15) is 28.4 Å². The van der Waals surface area contributed by atoms with Crippen molar-refractivity contribution in [3.63, 3.8) is 0 Å². The number of amides is 1. The molecule has 1 atom stereocenters. The van der Waals surface area contributed by atoms with Gasteiger partial charge >= 0.3 is 11.8 Å². The number of hydrogen-bond donors (Lipinski definition) is 0. The zero-order valence-electron chi connectivity index (χ0n) is 25.8. The number of nitrogens with zero attached hydrogens (tertiary/aromatic N) is 6. The number of benzene rings is 1. The van der Waals surface area contributed by atoms with Crippen molar-refractivity contribution in [3.8, 4) is 22.7 Å². The maximum absolute atomic E-state index is 15.5. The number of fused-ring (bicyclic) bond motifs is 2. The van der Waals surface area contributed by atoms with Crippen molar-refractivity contribution in [1.29, 1.82) is 0 Å². The predicted molar refractivity (Wildman–Crippen MR) is 172 cm³/mol. The lowest BCUT2D eigenvalue weighted by Gasteiger charge is -2.41. The Hall–Kier alpha value is -3.96. The minimum absolute atomic E-state index is 0.0459. The fourth-order valence-electron chi connectivity index (χ4n) is 5.82. The van der Waals surface area contributed by atoms with Crippen LogP contribution in [0.5, 0.6) is 5.75 Å². The molecular weight excluding hydrogens is 622 g/mol. The van der Waals surface area contributed by atoms with Crippen molar-refractivity contribution >= 4 is 46.1 Å². The fourth-order valence-corrected chi connectivity index (χ4v) is 6.29. The summed E-state index contributed by atoms with van der Waals surface area (Å²) in [5.74, 6) is -0.218. The van der Waals surface area contributed by atoms with Crippen LogP contribution in [-0.4, -0.2) is 68.4 Å². The van der Waals surface area contributed by atoms with Gasteiger partial charge in [0.2, 0.25) is 0 Å². The van der Waals surface area contributed by atoms with Crippen LogP contribution in [0.1, 0.15) is 51.8 Å². The first-order valence-corrected chi connectivity index (χ1v) is 15.5. The highest BCUT2D eigenvalue weighted by Gasteiger charge is 2.38. The molecule has 6 rings (SSSR count). The van der Waals surface area contributed by atoms with Crippen LogP contribution in [0, 0.1) is 12.7 Å². The molecule has 1 aromatic carbocycles. The fraction of sp³-hybridized carbons (Fsp3) is 0.406. The Morgan fingerprint density at radius 2 is 1.91 bits per heavy atom. The van der Waals surface area contributed by atoms with Crippen molar-refractivity contribution in [2.75, 3.05) is 31.1 Å². The predicted octanol–water partition coefficient (Wildman–Crippen LogP) is 6.54. The highest BCUT2D eigenvalue weighted by atomic mass is 35.5. The van der Waals surface area contributed by atoms with Crippen molar-refractivity contribution in [3.05, 3.63) is 68.1 Å². The number of halogens is 3. The topological polar surface area (TPSA) is 103 Å². The molecule has 0 aliphatic carbocycles. The number of pyridine rings is 2. The molecule has 3 aromatic heterocycles. The summed E-state index contributed by atoms with van der Waals surface area (Å²) in [5.41, 5.74) is 1.03. The summed E-state index contributed by atoms with van der Waals surface area (Å²) >= 11 is 13.2. The van der Waals surface area contributed by atoms with Gasteiger partial charge in [0.05, 0.1) is 28.1 Å². The third-order valence-electron chi connectivity index (χ3n) is 7.86. The number of carbonyl (C=O) groups is 1. The molecule has 45 heavy (non-hydrogen) atoms. The number of hydrogen-bond acceptors (Lipinski definition) is 8. The summed E-state index contributed by atoms with van der Waals surface area (Å²) in [6, 6.07) is 5.97. The lowest BCUT2D eigenvalue weighted by molar-refractivity contribution is 0.0202. The summed E-state index contributed by atoms with van der Waals surface area (Å²) in [6.45, 7) is 12.3. The molecule has 1 amide bonds. The van der Waals surface area contributed by atoms with Gasteiger partial charge in [-0.1, -0.05) is 43.1 Å². The van der Waals surface area contributed by atoms with Crippen LogP contribution in [0.15, 0.2) is 35.3 Å². The van der Waals surface area contributed by atoms with Crippen molar-refractivity contribution in [2.45, 2.75) is 59.1 Å². The molecule has 1 fully saturated rings. The molecule has 5 heterocycles. The van der Waals surface area contributed by atoms with E-state index in [0.717, 1.165) is 5.56 Å². The quantitative estimate of drug-likeness (QED) is 0.245. The van der Waals surface area contributed by atoms with Gasteiger partial charge in [0.15, 0.2) is 17.2 Å². The second-order valence-electron chi connectivity index (χ2n) is 12.6. The van der Waals surface area contributed by atoms with Crippen molar-refractivity contribution in [1.82, 2.24) is 24.4 Å². The Morgan fingerprint density at radius 3 is 2.62 bits per heavy atom. The first-order valence-electron chi connectivity index (χ1n) is 14.7. The van der Waals surface area contributed by atoms with Crippen molar-refractivity contribution in [2.24, 2.45) is 0 Å². The number of aryl methyl sites for hydroxylation is 1. The van der Waals surface area contributed by atoms with Crippen LogP contribution in [-0.2, 0) is 4.74 Å². The Bertz CT molecular complexity index is 1910. The summed E-state index contributed by atoms with van der Waals surface area (Å²) in [6.07, 6.45) is 1.25. The maximum Gasteiger partial charge on any atom is 0.410 e. The van der Waals surface area contributed by atoms with E-state index in [9.17, 15) is 9.59 Å². The number of anilines is 1. The third-order valence-corrected chi connectivity index (χ3v) is 8.50. The highest BCUT2D eigenvalue weighted by molar-refractivity contribution is 6.36. The molecule has 0 N–H and O–H groups in total. The molecule has 0 bridgehead atoms. The highest BCUT2D eigenvalue weighted by Crippen LogP contribution is 2.46. The van der Waals surface area contributed by atoms with E-state index in [1.165, 1.54) is 16.7 Å². The molecule has 10 nitrogen and oxygen atoms in total. The van der Waals surface area contributed by atoms with Gasteiger partial charge < -0.3 is 19.3 Å². The summed E-state index contributed by atoms with van der Waals surface area (Å²) < 4.78 is 28.9. The normalized spacial score (nSPS) is 16.4. The van der Waals surface area contributed by atoms with Crippen LogP contribution < -0.4 is 15.3 Å². The van der Waals surface area contributed by atoms with Crippen LogP contribution in [0.2, 0.25) is 10.0 Å². The van der Waals surface area contributed by atoms with E-state index in [1.54, 1.807) is 17.2 Å². The Kier molecular flexibility index (Phi) is 7.89. The SMILES string of the molecule is Cc1ccnc(C(C)C)c1-n1c(=O)nc2c3c(c(Cl)c(-c4cccc(Cl)c4F)nc31)OC[C@H]1CN(C(=O)OC(C)(C)C)CCN21. The Balaban J connectivity index is 1.62. The lowest BCUT2D eigenvalue weighted by Crippen LogP contribution is -2.57. The molecule has 1 saturated heterocycles. The number of carbonyl (C=O) groups excluding carboxylic acids is 1. The first kappa shape index (κ1) is 31.0. The van der Waals surface area contributed by atoms with E-state index in [-0.39, 0.29) is 51.8 Å². The largest absolute Gasteiger partial charge is 0.489 e. The number of ether oxygens (including phenoxy) is 2. The van der Waals surface area contributed by atoms with E-state index in [1.807, 2.05) is 52.5 Å². The third kappa shape index (κ3) is 5.46.